The van der Waals surface area contributed by atoms with Crippen LogP contribution in [0.3, 0.4) is 0 Å². The minimum absolute atomic E-state index is 0.241. The summed E-state index contributed by atoms with van der Waals surface area (Å²) in [5.74, 6) is -0.591. The zero-order valence-corrected chi connectivity index (χ0v) is 12.7. The molecule has 1 aromatic rings. The number of carbonyl (C=O) groups is 2. The Morgan fingerprint density at radius 3 is 1.90 bits per heavy atom. The maximum absolute atomic E-state index is 11.7. The molecule has 0 heterocycles. The number of rotatable bonds is 5. The lowest BCUT2D eigenvalue weighted by atomic mass is 10.1. The van der Waals surface area contributed by atoms with Gasteiger partial charge in [0.1, 0.15) is 0 Å². The minimum atomic E-state index is -0.351. The third-order valence-corrected chi connectivity index (χ3v) is 2.78. The lowest BCUT2D eigenvalue weighted by Crippen LogP contribution is -2.18. The second-order valence-corrected chi connectivity index (χ2v) is 5.29. The zero-order chi connectivity index (χ0) is 15.3. The Balaban J connectivity index is 3.03. The average molecular weight is 278 g/mol. The zero-order valence-electron chi connectivity index (χ0n) is 12.7. The van der Waals surface area contributed by atoms with Crippen LogP contribution < -0.4 is 9.47 Å². The standard InChI is InChI=1S/C16H22O4/c1-6-12-7-8-13(19-15(17)10(2)3)14(9-12)20-16(18)11(4)5/h7-11H,6H2,1-5H3. The van der Waals surface area contributed by atoms with Gasteiger partial charge in [-0.25, -0.2) is 0 Å². The number of ether oxygens (including phenoxy) is 2. The molecule has 0 atom stereocenters. The van der Waals surface area contributed by atoms with Crippen molar-refractivity contribution in [2.75, 3.05) is 0 Å². The van der Waals surface area contributed by atoms with E-state index >= 15 is 0 Å². The summed E-state index contributed by atoms with van der Waals surface area (Å²) in [4.78, 5) is 23.4. The van der Waals surface area contributed by atoms with Crippen LogP contribution in [0.1, 0.15) is 40.2 Å². The van der Waals surface area contributed by atoms with Gasteiger partial charge in [-0.05, 0) is 24.1 Å². The van der Waals surface area contributed by atoms with Gasteiger partial charge in [0, 0.05) is 0 Å². The molecule has 0 spiro atoms. The Labute approximate surface area is 120 Å². The smallest absolute Gasteiger partial charge is 0.313 e. The van der Waals surface area contributed by atoms with Crippen molar-refractivity contribution in [3.05, 3.63) is 23.8 Å². The number of aryl methyl sites for hydroxylation is 1. The first-order chi connectivity index (χ1) is 9.35. The van der Waals surface area contributed by atoms with Gasteiger partial charge in [-0.15, -0.1) is 0 Å². The van der Waals surface area contributed by atoms with Crippen LogP contribution in [-0.4, -0.2) is 11.9 Å². The Morgan fingerprint density at radius 2 is 1.45 bits per heavy atom. The Hall–Kier alpha value is -1.84. The number of esters is 2. The summed E-state index contributed by atoms with van der Waals surface area (Å²) in [5, 5.41) is 0. The molecule has 0 bridgehead atoms. The van der Waals surface area contributed by atoms with E-state index in [1.807, 2.05) is 13.0 Å². The highest BCUT2D eigenvalue weighted by Crippen LogP contribution is 2.30. The number of hydrogen-bond acceptors (Lipinski definition) is 4. The predicted molar refractivity (Wildman–Crippen MR) is 76.8 cm³/mol. The summed E-state index contributed by atoms with van der Waals surface area (Å²) in [6.45, 7) is 9.02. The van der Waals surface area contributed by atoms with E-state index in [1.54, 1.807) is 39.8 Å². The van der Waals surface area contributed by atoms with Crippen molar-refractivity contribution in [3.63, 3.8) is 0 Å². The van der Waals surface area contributed by atoms with Crippen LogP contribution in [0.2, 0.25) is 0 Å². The first-order valence-electron chi connectivity index (χ1n) is 6.91. The highest BCUT2D eigenvalue weighted by Gasteiger charge is 2.17. The molecule has 0 N–H and O–H groups in total. The van der Waals surface area contributed by atoms with Crippen molar-refractivity contribution in [2.45, 2.75) is 41.0 Å². The number of benzene rings is 1. The van der Waals surface area contributed by atoms with E-state index in [-0.39, 0.29) is 29.5 Å². The fourth-order valence-corrected chi connectivity index (χ4v) is 1.39. The molecule has 0 aromatic heterocycles. The maximum Gasteiger partial charge on any atom is 0.313 e. The van der Waals surface area contributed by atoms with Gasteiger partial charge in [0.25, 0.3) is 0 Å². The van der Waals surface area contributed by atoms with Gasteiger partial charge in [-0.2, -0.15) is 0 Å². The van der Waals surface area contributed by atoms with Crippen LogP contribution in [0.25, 0.3) is 0 Å². The molecule has 0 amide bonds. The Morgan fingerprint density at radius 1 is 0.950 bits per heavy atom. The van der Waals surface area contributed by atoms with Crippen molar-refractivity contribution in [1.29, 1.82) is 0 Å². The molecule has 0 saturated carbocycles. The molecule has 110 valence electrons. The molecule has 4 heteroatoms. The van der Waals surface area contributed by atoms with Crippen molar-refractivity contribution >= 4 is 11.9 Å². The minimum Gasteiger partial charge on any atom is -0.422 e. The normalized spacial score (nSPS) is 10.8. The second-order valence-electron chi connectivity index (χ2n) is 5.29. The van der Waals surface area contributed by atoms with Crippen molar-refractivity contribution < 1.29 is 19.1 Å². The van der Waals surface area contributed by atoms with Crippen molar-refractivity contribution in [2.24, 2.45) is 11.8 Å². The molecule has 0 saturated heterocycles. The summed E-state index contributed by atoms with van der Waals surface area (Å²) >= 11 is 0. The SMILES string of the molecule is CCc1ccc(OC(=O)C(C)C)c(OC(=O)C(C)C)c1. The molecule has 0 aliphatic heterocycles. The number of carbonyl (C=O) groups excluding carboxylic acids is 2. The quantitative estimate of drug-likeness (QED) is 0.612. The second kappa shape index (κ2) is 7.08. The molecule has 0 unspecified atom stereocenters. The largest absolute Gasteiger partial charge is 0.422 e. The summed E-state index contributed by atoms with van der Waals surface area (Å²) < 4.78 is 10.6. The summed E-state index contributed by atoms with van der Waals surface area (Å²) in [7, 11) is 0. The Kier molecular flexibility index (Phi) is 5.74. The summed E-state index contributed by atoms with van der Waals surface area (Å²) in [6, 6.07) is 5.26. The van der Waals surface area contributed by atoms with E-state index in [1.165, 1.54) is 0 Å². The first kappa shape index (κ1) is 16.2. The van der Waals surface area contributed by atoms with E-state index in [2.05, 4.69) is 0 Å². The molecular formula is C16H22O4. The van der Waals surface area contributed by atoms with Crippen LogP contribution in [0.15, 0.2) is 18.2 Å². The van der Waals surface area contributed by atoms with Gasteiger partial charge >= 0.3 is 11.9 Å². The van der Waals surface area contributed by atoms with Crippen LogP contribution in [-0.2, 0) is 16.0 Å². The molecule has 0 aliphatic rings. The monoisotopic (exact) mass is 278 g/mol. The highest BCUT2D eigenvalue weighted by molar-refractivity contribution is 5.78. The van der Waals surface area contributed by atoms with E-state index in [0.29, 0.717) is 5.75 Å². The molecule has 0 aliphatic carbocycles. The van der Waals surface area contributed by atoms with Gasteiger partial charge in [0.05, 0.1) is 11.8 Å². The van der Waals surface area contributed by atoms with Gasteiger partial charge in [-0.1, -0.05) is 40.7 Å². The van der Waals surface area contributed by atoms with Crippen LogP contribution >= 0.6 is 0 Å². The topological polar surface area (TPSA) is 52.6 Å². The molecule has 4 nitrogen and oxygen atoms in total. The van der Waals surface area contributed by atoms with Crippen molar-refractivity contribution in [3.8, 4) is 11.5 Å². The molecule has 1 aromatic carbocycles. The fourth-order valence-electron chi connectivity index (χ4n) is 1.39. The lowest BCUT2D eigenvalue weighted by Gasteiger charge is -2.13. The van der Waals surface area contributed by atoms with Gasteiger partial charge in [-0.3, -0.25) is 9.59 Å². The third kappa shape index (κ3) is 4.37. The highest BCUT2D eigenvalue weighted by atomic mass is 16.6. The molecule has 1 rings (SSSR count). The van der Waals surface area contributed by atoms with Crippen LogP contribution in [0.4, 0.5) is 0 Å². The van der Waals surface area contributed by atoms with Gasteiger partial charge in [0.2, 0.25) is 0 Å². The van der Waals surface area contributed by atoms with Gasteiger partial charge in [0.15, 0.2) is 11.5 Å². The predicted octanol–water partition coefficient (Wildman–Crippen LogP) is 3.37. The maximum atomic E-state index is 11.7. The molecular weight excluding hydrogens is 256 g/mol. The van der Waals surface area contributed by atoms with E-state index in [9.17, 15) is 9.59 Å². The molecule has 0 fully saturated rings. The molecule has 0 radical (unpaired) electrons. The number of hydrogen-bond donors (Lipinski definition) is 0. The van der Waals surface area contributed by atoms with E-state index in [4.69, 9.17) is 9.47 Å². The van der Waals surface area contributed by atoms with Crippen LogP contribution in [0.5, 0.6) is 11.5 Å². The average Bonchev–Trinajstić information content (AvgIpc) is 2.40. The van der Waals surface area contributed by atoms with Crippen LogP contribution in [0, 0.1) is 11.8 Å². The summed E-state index contributed by atoms with van der Waals surface area (Å²) in [6.07, 6.45) is 0.810. The van der Waals surface area contributed by atoms with Crippen molar-refractivity contribution in [1.82, 2.24) is 0 Å². The van der Waals surface area contributed by atoms with Gasteiger partial charge < -0.3 is 9.47 Å². The molecule has 20 heavy (non-hydrogen) atoms. The van der Waals surface area contributed by atoms with E-state index in [0.717, 1.165) is 12.0 Å². The summed E-state index contributed by atoms with van der Waals surface area (Å²) in [5.41, 5.74) is 1.01. The Bertz CT molecular complexity index is 489. The first-order valence-corrected chi connectivity index (χ1v) is 6.91. The van der Waals surface area contributed by atoms with E-state index < -0.39 is 0 Å². The third-order valence-electron chi connectivity index (χ3n) is 2.78. The lowest BCUT2D eigenvalue weighted by molar-refractivity contribution is -0.140. The fraction of sp³-hybridized carbons (Fsp3) is 0.500.